The van der Waals surface area contributed by atoms with Gasteiger partial charge in [-0.25, -0.2) is 0 Å². The first-order valence-corrected chi connectivity index (χ1v) is 6.28. The molecule has 0 radical (unpaired) electrons. The van der Waals surface area contributed by atoms with Gasteiger partial charge in [0.2, 0.25) is 0 Å². The Morgan fingerprint density at radius 3 is 2.41 bits per heavy atom. The van der Waals surface area contributed by atoms with Crippen molar-refractivity contribution < 1.29 is 4.79 Å². The van der Waals surface area contributed by atoms with Crippen LogP contribution >= 0.6 is 0 Å². The lowest BCUT2D eigenvalue weighted by Crippen LogP contribution is -2.33. The van der Waals surface area contributed by atoms with E-state index in [2.05, 4.69) is 25.9 Å². The van der Waals surface area contributed by atoms with Gasteiger partial charge in [-0.1, -0.05) is 13.8 Å². The van der Waals surface area contributed by atoms with Crippen LogP contribution in [0.5, 0.6) is 0 Å². The van der Waals surface area contributed by atoms with E-state index < -0.39 is 0 Å². The molecule has 0 atom stereocenters. The topological polar surface area (TPSA) is 34.9 Å². The van der Waals surface area contributed by atoms with Crippen LogP contribution < -0.4 is 0 Å². The van der Waals surface area contributed by atoms with E-state index in [-0.39, 0.29) is 16.7 Å². The number of hydrogen-bond donors (Lipinski definition) is 0. The molecule has 1 aliphatic carbocycles. The molecule has 0 bridgehead atoms. The number of carbonyl (C=O) groups is 1. The van der Waals surface area contributed by atoms with Gasteiger partial charge in [-0.05, 0) is 40.5 Å². The van der Waals surface area contributed by atoms with E-state index in [0.717, 1.165) is 29.8 Å². The van der Waals surface area contributed by atoms with Gasteiger partial charge >= 0.3 is 0 Å². The number of hydrogen-bond acceptors (Lipinski definition) is 2. The summed E-state index contributed by atoms with van der Waals surface area (Å²) in [7, 11) is 0. The van der Waals surface area contributed by atoms with E-state index in [1.54, 1.807) is 0 Å². The molecule has 0 N–H and O–H groups in total. The summed E-state index contributed by atoms with van der Waals surface area (Å²) >= 11 is 0. The van der Waals surface area contributed by atoms with Gasteiger partial charge < -0.3 is 0 Å². The van der Waals surface area contributed by atoms with Crippen LogP contribution in [0.15, 0.2) is 0 Å². The second-order valence-electron chi connectivity index (χ2n) is 6.70. The number of Topliss-reactive ketones (excluding diaryl/α,β-unsaturated/α-hetero) is 1. The molecule has 0 fully saturated rings. The summed E-state index contributed by atoms with van der Waals surface area (Å²) in [6.07, 6.45) is 1.87. The lowest BCUT2D eigenvalue weighted by Gasteiger charge is -2.30. The number of fused-ring (bicyclic) bond motifs is 1. The highest BCUT2D eigenvalue weighted by Gasteiger charge is 2.39. The van der Waals surface area contributed by atoms with Gasteiger partial charge in [0.15, 0.2) is 5.78 Å². The smallest absolute Gasteiger partial charge is 0.172 e. The van der Waals surface area contributed by atoms with Crippen molar-refractivity contribution in [2.24, 2.45) is 5.41 Å². The fourth-order valence-corrected chi connectivity index (χ4v) is 2.54. The molecule has 1 aromatic heterocycles. The minimum atomic E-state index is -0.233. The van der Waals surface area contributed by atoms with Crippen molar-refractivity contribution >= 4 is 5.78 Å². The van der Waals surface area contributed by atoms with E-state index >= 15 is 0 Å². The number of aryl methyl sites for hydroxylation is 1. The summed E-state index contributed by atoms with van der Waals surface area (Å²) in [5, 5.41) is 4.58. The third kappa shape index (κ3) is 1.81. The summed E-state index contributed by atoms with van der Waals surface area (Å²) in [6, 6.07) is 0. The molecular formula is C14H22N2O. The van der Waals surface area contributed by atoms with Gasteiger partial charge in [0.25, 0.3) is 0 Å². The van der Waals surface area contributed by atoms with Gasteiger partial charge in [-0.15, -0.1) is 0 Å². The van der Waals surface area contributed by atoms with Crippen molar-refractivity contribution in [3.8, 4) is 0 Å². The zero-order valence-electron chi connectivity index (χ0n) is 11.7. The van der Waals surface area contributed by atoms with Crippen LogP contribution in [0.4, 0.5) is 0 Å². The summed E-state index contributed by atoms with van der Waals surface area (Å²) in [4.78, 5) is 12.4. The quantitative estimate of drug-likeness (QED) is 0.691. The fraction of sp³-hybridized carbons (Fsp3) is 0.714. The van der Waals surface area contributed by atoms with Crippen molar-refractivity contribution in [3.63, 3.8) is 0 Å². The number of nitrogens with zero attached hydrogens (tertiary/aromatic N) is 2. The van der Waals surface area contributed by atoms with Crippen LogP contribution in [0.25, 0.3) is 0 Å². The third-order valence-electron chi connectivity index (χ3n) is 3.62. The van der Waals surface area contributed by atoms with Crippen molar-refractivity contribution in [3.05, 3.63) is 17.0 Å². The molecule has 1 aliphatic rings. The van der Waals surface area contributed by atoms with Gasteiger partial charge in [0.1, 0.15) is 0 Å². The molecule has 94 valence electrons. The Kier molecular flexibility index (Phi) is 2.49. The molecule has 0 aliphatic heterocycles. The largest absolute Gasteiger partial charge is 0.293 e. The molecule has 1 heterocycles. The number of ketones is 1. The van der Waals surface area contributed by atoms with Crippen LogP contribution in [0.2, 0.25) is 0 Å². The zero-order chi connectivity index (χ0) is 13.0. The average molecular weight is 234 g/mol. The van der Waals surface area contributed by atoms with E-state index in [0.29, 0.717) is 0 Å². The Balaban J connectivity index is 2.62. The Morgan fingerprint density at radius 1 is 1.29 bits per heavy atom. The molecule has 0 unspecified atom stereocenters. The first-order valence-electron chi connectivity index (χ1n) is 6.28. The highest BCUT2D eigenvalue weighted by Crippen LogP contribution is 2.37. The first kappa shape index (κ1) is 12.3. The summed E-state index contributed by atoms with van der Waals surface area (Å²) in [6.45, 7) is 12.4. The molecule has 2 rings (SSSR count). The van der Waals surface area contributed by atoms with Crippen LogP contribution in [-0.2, 0) is 12.0 Å². The van der Waals surface area contributed by atoms with Gasteiger partial charge in [0.05, 0.1) is 22.5 Å². The molecular weight excluding hydrogens is 212 g/mol. The number of carbonyl (C=O) groups excluding carboxylic acids is 1. The lowest BCUT2D eigenvalue weighted by molar-refractivity contribution is 0.0807. The van der Waals surface area contributed by atoms with Crippen LogP contribution in [0.1, 0.15) is 62.8 Å². The predicted octanol–water partition coefficient (Wildman–Crippen LogP) is 3.10. The second kappa shape index (κ2) is 3.44. The summed E-state index contributed by atoms with van der Waals surface area (Å²) < 4.78 is 2.03. The average Bonchev–Trinajstić information content (AvgIpc) is 2.50. The lowest BCUT2D eigenvalue weighted by atomic mass is 9.74. The highest BCUT2D eigenvalue weighted by molar-refractivity contribution is 6.02. The maximum Gasteiger partial charge on any atom is 0.172 e. The zero-order valence-corrected chi connectivity index (χ0v) is 11.7. The summed E-state index contributed by atoms with van der Waals surface area (Å²) in [5.41, 5.74) is 2.59. The van der Waals surface area contributed by atoms with Crippen molar-refractivity contribution in [2.45, 2.75) is 59.9 Å². The summed E-state index contributed by atoms with van der Waals surface area (Å²) in [5.74, 6) is 0.256. The molecule has 1 aromatic rings. The van der Waals surface area contributed by atoms with E-state index in [1.165, 1.54) is 0 Å². The number of aromatic nitrogens is 2. The normalized spacial score (nSPS) is 19.3. The minimum Gasteiger partial charge on any atom is -0.293 e. The maximum absolute atomic E-state index is 12.4. The molecule has 0 amide bonds. The van der Waals surface area contributed by atoms with Crippen LogP contribution in [-0.4, -0.2) is 15.6 Å². The van der Waals surface area contributed by atoms with Gasteiger partial charge in [0, 0.05) is 5.41 Å². The van der Waals surface area contributed by atoms with E-state index in [9.17, 15) is 4.79 Å². The monoisotopic (exact) mass is 234 g/mol. The van der Waals surface area contributed by atoms with E-state index in [4.69, 9.17) is 0 Å². The molecule has 0 saturated carbocycles. The Hall–Kier alpha value is -1.12. The number of rotatable bonds is 0. The molecule has 0 spiro atoms. The Bertz CT molecular complexity index is 475. The predicted molar refractivity (Wildman–Crippen MR) is 68.4 cm³/mol. The fourth-order valence-electron chi connectivity index (χ4n) is 2.54. The maximum atomic E-state index is 12.4. The van der Waals surface area contributed by atoms with Gasteiger partial charge in [-0.3, -0.25) is 9.48 Å². The third-order valence-corrected chi connectivity index (χ3v) is 3.62. The van der Waals surface area contributed by atoms with Crippen LogP contribution in [0, 0.1) is 12.3 Å². The van der Waals surface area contributed by atoms with E-state index in [1.807, 2.05) is 25.5 Å². The van der Waals surface area contributed by atoms with Crippen molar-refractivity contribution in [1.82, 2.24) is 9.78 Å². The Morgan fingerprint density at radius 2 is 1.88 bits per heavy atom. The van der Waals surface area contributed by atoms with Gasteiger partial charge in [-0.2, -0.15) is 5.10 Å². The SMILES string of the molecule is Cc1nn(C(C)(C)C)c2c1C(=O)C(C)(C)CC2. The minimum absolute atomic E-state index is 0.0555. The first-order chi connectivity index (χ1) is 7.64. The molecule has 17 heavy (non-hydrogen) atoms. The molecule has 0 aromatic carbocycles. The molecule has 0 saturated heterocycles. The van der Waals surface area contributed by atoms with Crippen molar-refractivity contribution in [1.29, 1.82) is 0 Å². The molecule has 3 heteroatoms. The van der Waals surface area contributed by atoms with Crippen molar-refractivity contribution in [2.75, 3.05) is 0 Å². The second-order valence-corrected chi connectivity index (χ2v) is 6.70. The standard InChI is InChI=1S/C14H22N2O/c1-9-11-10(16(15-9)13(2,3)4)7-8-14(5,6)12(11)17/h7-8H2,1-6H3. The molecule has 3 nitrogen and oxygen atoms in total. The Labute approximate surface area is 103 Å². The van der Waals surface area contributed by atoms with Crippen LogP contribution in [0.3, 0.4) is 0 Å². The highest BCUT2D eigenvalue weighted by atomic mass is 16.1.